The third-order valence-electron chi connectivity index (χ3n) is 4.33. The molecule has 0 fully saturated rings. The lowest BCUT2D eigenvalue weighted by Crippen LogP contribution is -2.15. The molecule has 3 aromatic rings. The lowest BCUT2D eigenvalue weighted by atomic mass is 10.1. The van der Waals surface area contributed by atoms with Gasteiger partial charge < -0.3 is 0 Å². The predicted octanol–water partition coefficient (Wildman–Crippen LogP) is 3.80. The molecule has 5 nitrogen and oxygen atoms in total. The maximum atomic E-state index is 13.9. The van der Waals surface area contributed by atoms with Crippen LogP contribution in [0.5, 0.6) is 0 Å². The van der Waals surface area contributed by atoms with E-state index in [0.29, 0.717) is 23.6 Å². The summed E-state index contributed by atoms with van der Waals surface area (Å²) in [4.78, 5) is -0.384. The monoisotopic (exact) mass is 373 g/mol. The number of halogens is 1. The standard InChI is InChI=1S/C19H20FN3O2S/c1-13-8-4-5-9-16(13)12-23-15(3)19(14(2)21-23)22-26(24,25)18-11-7-6-10-17(18)20/h4-11,22H,12H2,1-3H3. The van der Waals surface area contributed by atoms with E-state index in [-0.39, 0.29) is 4.90 Å². The molecule has 0 amide bonds. The minimum Gasteiger partial charge on any atom is -0.276 e. The SMILES string of the molecule is Cc1ccccc1Cn1nc(C)c(NS(=O)(=O)c2ccccc2F)c1C. The van der Waals surface area contributed by atoms with Crippen LogP contribution in [0.4, 0.5) is 10.1 Å². The zero-order valence-electron chi connectivity index (χ0n) is 14.8. The fourth-order valence-corrected chi connectivity index (χ4v) is 4.06. The number of nitrogens with one attached hydrogen (secondary N) is 1. The van der Waals surface area contributed by atoms with Crippen molar-refractivity contribution in [2.24, 2.45) is 0 Å². The predicted molar refractivity (Wildman–Crippen MR) is 99.2 cm³/mol. The fraction of sp³-hybridized carbons (Fsp3) is 0.211. The van der Waals surface area contributed by atoms with Gasteiger partial charge in [0.2, 0.25) is 0 Å². The first kappa shape index (κ1) is 18.1. The highest BCUT2D eigenvalue weighted by Crippen LogP contribution is 2.25. The largest absolute Gasteiger partial charge is 0.276 e. The van der Waals surface area contributed by atoms with E-state index < -0.39 is 15.8 Å². The molecule has 1 heterocycles. The van der Waals surface area contributed by atoms with Crippen LogP contribution in [0.15, 0.2) is 53.4 Å². The van der Waals surface area contributed by atoms with Gasteiger partial charge in [0.1, 0.15) is 10.7 Å². The van der Waals surface area contributed by atoms with E-state index in [2.05, 4.69) is 9.82 Å². The molecule has 0 aliphatic carbocycles. The van der Waals surface area contributed by atoms with Gasteiger partial charge in [-0.2, -0.15) is 5.10 Å². The number of nitrogens with zero attached hydrogens (tertiary/aromatic N) is 2. The van der Waals surface area contributed by atoms with Crippen LogP contribution in [-0.4, -0.2) is 18.2 Å². The van der Waals surface area contributed by atoms with E-state index in [1.807, 2.05) is 31.2 Å². The first-order valence-corrected chi connectivity index (χ1v) is 9.64. The van der Waals surface area contributed by atoms with Crippen LogP contribution >= 0.6 is 0 Å². The normalized spacial score (nSPS) is 11.5. The Balaban J connectivity index is 1.94. The molecule has 0 bridgehead atoms. The van der Waals surface area contributed by atoms with Crippen LogP contribution in [-0.2, 0) is 16.6 Å². The van der Waals surface area contributed by atoms with Gasteiger partial charge in [0.25, 0.3) is 10.0 Å². The molecule has 0 saturated carbocycles. The van der Waals surface area contributed by atoms with E-state index in [4.69, 9.17) is 0 Å². The Hall–Kier alpha value is -2.67. The molecule has 0 radical (unpaired) electrons. The van der Waals surface area contributed by atoms with Crippen LogP contribution in [0.3, 0.4) is 0 Å². The van der Waals surface area contributed by atoms with Gasteiger partial charge >= 0.3 is 0 Å². The van der Waals surface area contributed by atoms with Crippen molar-refractivity contribution < 1.29 is 12.8 Å². The van der Waals surface area contributed by atoms with Gasteiger partial charge in [0, 0.05) is 0 Å². The van der Waals surface area contributed by atoms with Crippen molar-refractivity contribution in [2.75, 3.05) is 4.72 Å². The first-order chi connectivity index (χ1) is 12.3. The topological polar surface area (TPSA) is 64.0 Å². The molecule has 0 aliphatic rings. The summed E-state index contributed by atoms with van der Waals surface area (Å²) in [5, 5.41) is 4.44. The lowest BCUT2D eigenvalue weighted by molar-refractivity contribution is 0.570. The Kier molecular flexibility index (Phi) is 4.82. The number of aryl methyl sites for hydroxylation is 2. The molecule has 0 unspecified atom stereocenters. The number of hydrogen-bond acceptors (Lipinski definition) is 3. The van der Waals surface area contributed by atoms with Gasteiger partial charge in [-0.3, -0.25) is 9.40 Å². The second-order valence-electron chi connectivity index (χ2n) is 6.17. The molecular weight excluding hydrogens is 353 g/mol. The van der Waals surface area contributed by atoms with Gasteiger partial charge in [0.05, 0.1) is 23.6 Å². The van der Waals surface area contributed by atoms with Crippen molar-refractivity contribution >= 4 is 15.7 Å². The van der Waals surface area contributed by atoms with Gasteiger partial charge in [0.15, 0.2) is 0 Å². The van der Waals surface area contributed by atoms with E-state index >= 15 is 0 Å². The molecule has 26 heavy (non-hydrogen) atoms. The van der Waals surface area contributed by atoms with Crippen molar-refractivity contribution in [3.63, 3.8) is 0 Å². The van der Waals surface area contributed by atoms with Gasteiger partial charge in [-0.05, 0) is 44.0 Å². The Morgan fingerprint density at radius 2 is 1.69 bits per heavy atom. The molecule has 1 N–H and O–H groups in total. The summed E-state index contributed by atoms with van der Waals surface area (Å²) in [6.45, 7) is 6.06. The summed E-state index contributed by atoms with van der Waals surface area (Å²) in [5.74, 6) is -0.789. The Morgan fingerprint density at radius 1 is 1.04 bits per heavy atom. The molecule has 0 spiro atoms. The van der Waals surface area contributed by atoms with Crippen LogP contribution < -0.4 is 4.72 Å². The van der Waals surface area contributed by atoms with Crippen LogP contribution in [0.25, 0.3) is 0 Å². The molecule has 136 valence electrons. The average molecular weight is 373 g/mol. The highest BCUT2D eigenvalue weighted by atomic mass is 32.2. The molecule has 7 heteroatoms. The molecule has 0 saturated heterocycles. The zero-order valence-corrected chi connectivity index (χ0v) is 15.6. The first-order valence-electron chi connectivity index (χ1n) is 8.15. The van der Waals surface area contributed by atoms with Crippen LogP contribution in [0.2, 0.25) is 0 Å². The summed E-state index contributed by atoms with van der Waals surface area (Å²) in [7, 11) is -4.04. The average Bonchev–Trinajstić information content (AvgIpc) is 2.84. The Morgan fingerprint density at radius 3 is 2.38 bits per heavy atom. The second-order valence-corrected chi connectivity index (χ2v) is 7.82. The highest BCUT2D eigenvalue weighted by Gasteiger charge is 2.22. The quantitative estimate of drug-likeness (QED) is 0.740. The van der Waals surface area contributed by atoms with Crippen molar-refractivity contribution in [1.29, 1.82) is 0 Å². The zero-order chi connectivity index (χ0) is 18.9. The Bertz CT molecular complexity index is 1060. The molecule has 0 aliphatic heterocycles. The lowest BCUT2D eigenvalue weighted by Gasteiger charge is -2.10. The molecule has 1 aromatic heterocycles. The van der Waals surface area contributed by atoms with E-state index in [1.54, 1.807) is 18.5 Å². The summed E-state index contributed by atoms with van der Waals surface area (Å²) in [6.07, 6.45) is 0. The Labute approximate surface area is 152 Å². The van der Waals surface area contributed by atoms with E-state index in [9.17, 15) is 12.8 Å². The van der Waals surface area contributed by atoms with Crippen molar-refractivity contribution in [2.45, 2.75) is 32.2 Å². The summed E-state index contributed by atoms with van der Waals surface area (Å²) >= 11 is 0. The van der Waals surface area contributed by atoms with Crippen molar-refractivity contribution in [1.82, 2.24) is 9.78 Å². The van der Waals surface area contributed by atoms with Crippen molar-refractivity contribution in [3.05, 3.63) is 76.9 Å². The number of benzene rings is 2. The van der Waals surface area contributed by atoms with Crippen LogP contribution in [0, 0.1) is 26.6 Å². The molecule has 2 aromatic carbocycles. The van der Waals surface area contributed by atoms with Crippen molar-refractivity contribution in [3.8, 4) is 0 Å². The maximum Gasteiger partial charge on any atom is 0.264 e. The minimum atomic E-state index is -4.04. The number of hydrogen-bond donors (Lipinski definition) is 1. The second kappa shape index (κ2) is 6.92. The molecule has 0 atom stereocenters. The number of aromatic nitrogens is 2. The third-order valence-corrected chi connectivity index (χ3v) is 5.71. The van der Waals surface area contributed by atoms with Gasteiger partial charge in [-0.25, -0.2) is 12.8 Å². The van der Waals surface area contributed by atoms with Gasteiger partial charge in [-0.15, -0.1) is 0 Å². The maximum absolute atomic E-state index is 13.9. The number of anilines is 1. The number of sulfonamides is 1. The number of rotatable bonds is 5. The highest BCUT2D eigenvalue weighted by molar-refractivity contribution is 7.92. The van der Waals surface area contributed by atoms with E-state index in [0.717, 1.165) is 17.2 Å². The van der Waals surface area contributed by atoms with E-state index in [1.165, 1.54) is 18.2 Å². The third kappa shape index (κ3) is 3.48. The smallest absolute Gasteiger partial charge is 0.264 e. The molecular formula is C19H20FN3O2S. The summed E-state index contributed by atoms with van der Waals surface area (Å²) in [6, 6.07) is 13.2. The minimum absolute atomic E-state index is 0.377. The summed E-state index contributed by atoms with van der Waals surface area (Å²) < 4.78 is 43.2. The molecule has 3 rings (SSSR count). The summed E-state index contributed by atoms with van der Waals surface area (Å²) in [5.41, 5.74) is 3.82. The van der Waals surface area contributed by atoms with Crippen LogP contribution in [0.1, 0.15) is 22.5 Å². The fourth-order valence-electron chi connectivity index (χ4n) is 2.80. The van der Waals surface area contributed by atoms with Gasteiger partial charge in [-0.1, -0.05) is 36.4 Å².